The standard InChI is InChI=1S/C11H17N5O/c1-7-5-16(6-8(7)2)11-13-4-3-9(14-11)10(12)15-17/h3-4,7-8,17H,5-6H2,1-2H3,(H2,12,15). The van der Waals surface area contributed by atoms with Gasteiger partial charge in [0.25, 0.3) is 0 Å². The first-order valence-electron chi connectivity index (χ1n) is 5.67. The van der Waals surface area contributed by atoms with Crippen molar-refractivity contribution in [3.05, 3.63) is 18.0 Å². The number of oxime groups is 1. The summed E-state index contributed by atoms with van der Waals surface area (Å²) in [4.78, 5) is 10.7. The van der Waals surface area contributed by atoms with E-state index in [9.17, 15) is 0 Å². The first-order valence-corrected chi connectivity index (χ1v) is 5.67. The van der Waals surface area contributed by atoms with E-state index in [1.165, 1.54) is 0 Å². The minimum Gasteiger partial charge on any atom is -0.409 e. The molecule has 1 fully saturated rings. The lowest BCUT2D eigenvalue weighted by Crippen LogP contribution is -2.24. The highest BCUT2D eigenvalue weighted by Gasteiger charge is 2.27. The van der Waals surface area contributed by atoms with Crippen LogP contribution in [0.5, 0.6) is 0 Å². The average Bonchev–Trinajstić information content (AvgIpc) is 2.69. The highest BCUT2D eigenvalue weighted by molar-refractivity contribution is 5.95. The van der Waals surface area contributed by atoms with Crippen molar-refractivity contribution in [3.8, 4) is 0 Å². The lowest BCUT2D eigenvalue weighted by Gasteiger charge is -2.15. The van der Waals surface area contributed by atoms with Crippen molar-refractivity contribution in [2.24, 2.45) is 22.7 Å². The highest BCUT2D eigenvalue weighted by Crippen LogP contribution is 2.25. The number of amidine groups is 1. The number of aromatic nitrogens is 2. The van der Waals surface area contributed by atoms with Crippen LogP contribution >= 0.6 is 0 Å². The Labute approximate surface area is 100 Å². The maximum atomic E-state index is 8.62. The second kappa shape index (κ2) is 4.57. The van der Waals surface area contributed by atoms with E-state index in [4.69, 9.17) is 10.9 Å². The van der Waals surface area contributed by atoms with E-state index in [0.29, 0.717) is 23.5 Å². The molecule has 0 radical (unpaired) electrons. The number of rotatable bonds is 2. The van der Waals surface area contributed by atoms with E-state index < -0.39 is 0 Å². The molecule has 0 bridgehead atoms. The fraction of sp³-hybridized carbons (Fsp3) is 0.545. The second-order valence-corrected chi connectivity index (χ2v) is 4.59. The van der Waals surface area contributed by atoms with Crippen LogP contribution in [0, 0.1) is 11.8 Å². The predicted octanol–water partition coefficient (Wildman–Crippen LogP) is 0.663. The Bertz CT molecular complexity index is 424. The van der Waals surface area contributed by atoms with Gasteiger partial charge < -0.3 is 15.8 Å². The fourth-order valence-corrected chi connectivity index (χ4v) is 1.99. The molecule has 0 aliphatic carbocycles. The van der Waals surface area contributed by atoms with E-state index in [1.54, 1.807) is 12.3 Å². The number of hydrogen-bond acceptors (Lipinski definition) is 5. The van der Waals surface area contributed by atoms with Crippen molar-refractivity contribution >= 4 is 11.8 Å². The van der Waals surface area contributed by atoms with Crippen molar-refractivity contribution in [2.45, 2.75) is 13.8 Å². The molecular formula is C11H17N5O. The minimum atomic E-state index is 0.00828. The topological polar surface area (TPSA) is 87.6 Å². The van der Waals surface area contributed by atoms with Gasteiger partial charge in [-0.05, 0) is 17.9 Å². The van der Waals surface area contributed by atoms with Crippen LogP contribution in [-0.2, 0) is 0 Å². The molecule has 0 aromatic carbocycles. The normalized spacial score (nSPS) is 25.3. The number of nitrogens with two attached hydrogens (primary N) is 1. The van der Waals surface area contributed by atoms with E-state index in [-0.39, 0.29) is 5.84 Å². The minimum absolute atomic E-state index is 0.00828. The Hall–Kier alpha value is -1.85. The summed E-state index contributed by atoms with van der Waals surface area (Å²) >= 11 is 0. The van der Waals surface area contributed by atoms with Crippen LogP contribution in [0.15, 0.2) is 17.4 Å². The van der Waals surface area contributed by atoms with Crippen molar-refractivity contribution < 1.29 is 5.21 Å². The molecule has 3 N–H and O–H groups in total. The van der Waals surface area contributed by atoms with Crippen molar-refractivity contribution in [2.75, 3.05) is 18.0 Å². The average molecular weight is 235 g/mol. The fourth-order valence-electron chi connectivity index (χ4n) is 1.99. The molecule has 2 unspecified atom stereocenters. The van der Waals surface area contributed by atoms with Gasteiger partial charge in [0.15, 0.2) is 5.84 Å². The Kier molecular flexibility index (Phi) is 3.12. The summed E-state index contributed by atoms with van der Waals surface area (Å²) in [5.74, 6) is 1.91. The second-order valence-electron chi connectivity index (χ2n) is 4.59. The zero-order valence-corrected chi connectivity index (χ0v) is 10.0. The van der Waals surface area contributed by atoms with Crippen LogP contribution in [0.25, 0.3) is 0 Å². The smallest absolute Gasteiger partial charge is 0.225 e. The largest absolute Gasteiger partial charge is 0.409 e. The number of hydrogen-bond donors (Lipinski definition) is 2. The molecule has 2 rings (SSSR count). The molecule has 1 saturated heterocycles. The van der Waals surface area contributed by atoms with Gasteiger partial charge in [0, 0.05) is 19.3 Å². The monoisotopic (exact) mass is 235 g/mol. The van der Waals surface area contributed by atoms with Gasteiger partial charge in [0.05, 0.1) is 0 Å². The molecule has 2 heterocycles. The third-order valence-electron chi connectivity index (χ3n) is 3.28. The van der Waals surface area contributed by atoms with Crippen LogP contribution in [0.3, 0.4) is 0 Å². The molecule has 1 aromatic heterocycles. The summed E-state index contributed by atoms with van der Waals surface area (Å²) in [6.45, 7) is 6.33. The Morgan fingerprint density at radius 3 is 2.71 bits per heavy atom. The molecule has 1 aromatic rings. The van der Waals surface area contributed by atoms with E-state index in [2.05, 4.69) is 33.9 Å². The van der Waals surface area contributed by atoms with Gasteiger partial charge in [-0.2, -0.15) is 0 Å². The first-order chi connectivity index (χ1) is 8.11. The van der Waals surface area contributed by atoms with Crippen molar-refractivity contribution in [1.29, 1.82) is 0 Å². The van der Waals surface area contributed by atoms with Crippen LogP contribution in [0.4, 0.5) is 5.95 Å². The van der Waals surface area contributed by atoms with Gasteiger partial charge in [0.2, 0.25) is 5.95 Å². The van der Waals surface area contributed by atoms with Crippen LogP contribution < -0.4 is 10.6 Å². The molecule has 0 spiro atoms. The maximum absolute atomic E-state index is 8.62. The maximum Gasteiger partial charge on any atom is 0.225 e. The zero-order chi connectivity index (χ0) is 12.4. The molecule has 1 aliphatic rings. The SMILES string of the molecule is CC1CN(c2nccc(/C(N)=N/O)n2)CC1C. The molecule has 0 amide bonds. The van der Waals surface area contributed by atoms with Gasteiger partial charge in [-0.1, -0.05) is 19.0 Å². The highest BCUT2D eigenvalue weighted by atomic mass is 16.4. The number of anilines is 1. The Balaban J connectivity index is 2.23. The summed E-state index contributed by atoms with van der Waals surface area (Å²) in [6, 6.07) is 1.63. The predicted molar refractivity (Wildman–Crippen MR) is 65.1 cm³/mol. The molecule has 1 aliphatic heterocycles. The van der Waals surface area contributed by atoms with Gasteiger partial charge in [-0.15, -0.1) is 0 Å². The van der Waals surface area contributed by atoms with Crippen molar-refractivity contribution in [3.63, 3.8) is 0 Å². The molecule has 6 nitrogen and oxygen atoms in total. The van der Waals surface area contributed by atoms with E-state index in [0.717, 1.165) is 13.1 Å². The molecule has 6 heteroatoms. The molecule has 0 saturated carbocycles. The molecule has 2 atom stereocenters. The van der Waals surface area contributed by atoms with E-state index >= 15 is 0 Å². The van der Waals surface area contributed by atoms with Crippen LogP contribution in [-0.4, -0.2) is 34.1 Å². The third kappa shape index (κ3) is 2.30. The zero-order valence-electron chi connectivity index (χ0n) is 10.0. The first kappa shape index (κ1) is 11.6. The molecular weight excluding hydrogens is 218 g/mol. The van der Waals surface area contributed by atoms with Crippen LogP contribution in [0.2, 0.25) is 0 Å². The van der Waals surface area contributed by atoms with Gasteiger partial charge in [0.1, 0.15) is 5.69 Å². The summed E-state index contributed by atoms with van der Waals surface area (Å²) < 4.78 is 0. The Morgan fingerprint density at radius 1 is 1.47 bits per heavy atom. The summed E-state index contributed by atoms with van der Waals surface area (Å²) in [6.07, 6.45) is 1.63. The quantitative estimate of drug-likeness (QED) is 0.340. The van der Waals surface area contributed by atoms with Gasteiger partial charge in [-0.25, -0.2) is 9.97 Å². The lowest BCUT2D eigenvalue weighted by atomic mass is 10.0. The van der Waals surface area contributed by atoms with Gasteiger partial charge in [-0.3, -0.25) is 0 Å². The lowest BCUT2D eigenvalue weighted by molar-refractivity contribution is 0.318. The Morgan fingerprint density at radius 2 is 2.12 bits per heavy atom. The molecule has 17 heavy (non-hydrogen) atoms. The van der Waals surface area contributed by atoms with Crippen LogP contribution in [0.1, 0.15) is 19.5 Å². The summed E-state index contributed by atoms with van der Waals surface area (Å²) in [5, 5.41) is 11.6. The number of nitrogens with zero attached hydrogens (tertiary/aromatic N) is 4. The third-order valence-corrected chi connectivity index (χ3v) is 3.28. The van der Waals surface area contributed by atoms with Gasteiger partial charge >= 0.3 is 0 Å². The molecule has 92 valence electrons. The summed E-state index contributed by atoms with van der Waals surface area (Å²) in [5.41, 5.74) is 5.96. The summed E-state index contributed by atoms with van der Waals surface area (Å²) in [7, 11) is 0. The van der Waals surface area contributed by atoms with E-state index in [1.807, 2.05) is 0 Å². The van der Waals surface area contributed by atoms with Crippen molar-refractivity contribution in [1.82, 2.24) is 9.97 Å².